The van der Waals surface area contributed by atoms with Crippen molar-refractivity contribution < 1.29 is 9.47 Å². The summed E-state index contributed by atoms with van der Waals surface area (Å²) in [7, 11) is 3.55. The van der Waals surface area contributed by atoms with Crippen LogP contribution in [0.15, 0.2) is 29.3 Å². The third-order valence-electron chi connectivity index (χ3n) is 2.02. The number of rotatable bonds is 6. The third kappa shape index (κ3) is 3.87. The van der Waals surface area contributed by atoms with Crippen molar-refractivity contribution in [3.05, 3.63) is 34.8 Å². The van der Waals surface area contributed by atoms with Crippen molar-refractivity contribution in [2.24, 2.45) is 0 Å². The van der Waals surface area contributed by atoms with Crippen LogP contribution in [0.5, 0.6) is 11.5 Å². The van der Waals surface area contributed by atoms with Crippen LogP contribution < -0.4 is 14.8 Å². The quantitative estimate of drug-likeness (QED) is 0.872. The highest BCUT2D eigenvalue weighted by molar-refractivity contribution is 9.11. The molecule has 4 heteroatoms. The Balaban J connectivity index is 2.84. The van der Waals surface area contributed by atoms with Crippen LogP contribution in [-0.4, -0.2) is 20.8 Å². The molecule has 1 aromatic carbocycles. The summed E-state index contributed by atoms with van der Waals surface area (Å²) in [5.41, 5.74) is 1.07. The molecule has 0 fully saturated rings. The first kappa shape index (κ1) is 13.1. The molecule has 0 amide bonds. The summed E-state index contributed by atoms with van der Waals surface area (Å²) in [6.07, 6.45) is 0. The summed E-state index contributed by atoms with van der Waals surface area (Å²) < 4.78 is 11.6. The molecule has 1 N–H and O–H groups in total. The van der Waals surface area contributed by atoms with Gasteiger partial charge >= 0.3 is 0 Å². The average Bonchev–Trinajstić information content (AvgIpc) is 2.27. The number of hydrogen-bond donors (Lipinski definition) is 1. The number of halogens is 1. The van der Waals surface area contributed by atoms with Gasteiger partial charge in [-0.3, -0.25) is 0 Å². The Bertz CT molecular complexity index is 366. The van der Waals surface area contributed by atoms with Gasteiger partial charge in [-0.1, -0.05) is 22.5 Å². The molecule has 0 spiro atoms. The van der Waals surface area contributed by atoms with Crippen molar-refractivity contribution in [2.45, 2.75) is 6.54 Å². The number of ether oxygens (including phenoxy) is 2. The second-order valence-corrected chi connectivity index (χ2v) is 4.43. The van der Waals surface area contributed by atoms with E-state index in [-0.39, 0.29) is 0 Å². The van der Waals surface area contributed by atoms with Crippen LogP contribution in [0.1, 0.15) is 5.56 Å². The van der Waals surface area contributed by atoms with Gasteiger partial charge in [0.15, 0.2) is 0 Å². The highest BCUT2D eigenvalue weighted by Crippen LogP contribution is 2.24. The maximum Gasteiger partial charge on any atom is 0.124 e. The summed E-state index contributed by atoms with van der Waals surface area (Å²) >= 11 is 3.26. The van der Waals surface area contributed by atoms with E-state index in [1.807, 2.05) is 25.2 Å². The molecule has 0 heterocycles. The van der Waals surface area contributed by atoms with Crippen molar-refractivity contribution in [1.29, 1.82) is 0 Å². The minimum atomic E-state index is 0.461. The Labute approximate surface area is 105 Å². The number of nitrogens with one attached hydrogen (secondary N) is 1. The standard InChI is InChI=1S/C12H16BrNO2/c1-9(13)8-16-12-5-4-11(15-3)6-10(12)7-14-2/h4-6,14H,1,7-8H2,2-3H3. The zero-order chi connectivity index (χ0) is 12.0. The minimum absolute atomic E-state index is 0.461. The minimum Gasteiger partial charge on any atom is -0.497 e. The Morgan fingerprint density at radius 1 is 1.50 bits per heavy atom. The molecule has 0 aliphatic rings. The van der Waals surface area contributed by atoms with E-state index in [9.17, 15) is 0 Å². The summed E-state index contributed by atoms with van der Waals surface area (Å²) in [6.45, 7) is 4.93. The normalized spacial score (nSPS) is 9.94. The number of benzene rings is 1. The van der Waals surface area contributed by atoms with Crippen molar-refractivity contribution >= 4 is 15.9 Å². The van der Waals surface area contributed by atoms with Crippen LogP contribution in [0, 0.1) is 0 Å². The number of hydrogen-bond acceptors (Lipinski definition) is 3. The zero-order valence-corrected chi connectivity index (χ0v) is 11.1. The molecule has 0 saturated heterocycles. The average molecular weight is 286 g/mol. The maximum atomic E-state index is 5.61. The Morgan fingerprint density at radius 3 is 2.81 bits per heavy atom. The van der Waals surface area contributed by atoms with Crippen molar-refractivity contribution in [1.82, 2.24) is 5.32 Å². The van der Waals surface area contributed by atoms with E-state index in [0.717, 1.165) is 28.1 Å². The van der Waals surface area contributed by atoms with Crippen molar-refractivity contribution in [3.63, 3.8) is 0 Å². The summed E-state index contributed by atoms with van der Waals surface area (Å²) in [5.74, 6) is 1.67. The zero-order valence-electron chi connectivity index (χ0n) is 9.55. The molecule has 0 radical (unpaired) electrons. The van der Waals surface area contributed by atoms with Gasteiger partial charge in [0.05, 0.1) is 7.11 Å². The molecular weight excluding hydrogens is 270 g/mol. The summed E-state index contributed by atoms with van der Waals surface area (Å²) in [4.78, 5) is 0. The van der Waals surface area contributed by atoms with Crippen molar-refractivity contribution in [2.75, 3.05) is 20.8 Å². The molecular formula is C12H16BrNO2. The van der Waals surface area contributed by atoms with Crippen molar-refractivity contribution in [3.8, 4) is 11.5 Å². The molecule has 0 unspecified atom stereocenters. The van der Waals surface area contributed by atoms with Gasteiger partial charge in [-0.05, 0) is 25.2 Å². The van der Waals surface area contributed by atoms with Crippen LogP contribution >= 0.6 is 15.9 Å². The highest BCUT2D eigenvalue weighted by atomic mass is 79.9. The van der Waals surface area contributed by atoms with Gasteiger partial charge in [-0.15, -0.1) is 0 Å². The van der Waals surface area contributed by atoms with Crippen LogP contribution in [0.3, 0.4) is 0 Å². The van der Waals surface area contributed by atoms with E-state index in [4.69, 9.17) is 9.47 Å². The Morgan fingerprint density at radius 2 is 2.25 bits per heavy atom. The molecule has 0 aliphatic carbocycles. The fourth-order valence-electron chi connectivity index (χ4n) is 1.31. The third-order valence-corrected chi connectivity index (χ3v) is 2.25. The molecule has 1 aromatic rings. The van der Waals surface area contributed by atoms with E-state index < -0.39 is 0 Å². The lowest BCUT2D eigenvalue weighted by molar-refractivity contribution is 0.354. The molecule has 1 rings (SSSR count). The van der Waals surface area contributed by atoms with E-state index in [0.29, 0.717) is 6.61 Å². The smallest absolute Gasteiger partial charge is 0.124 e. The van der Waals surface area contributed by atoms with Crippen LogP contribution in [0.2, 0.25) is 0 Å². The molecule has 0 atom stereocenters. The fraction of sp³-hybridized carbons (Fsp3) is 0.333. The second kappa shape index (κ2) is 6.55. The van der Waals surface area contributed by atoms with E-state index in [1.54, 1.807) is 7.11 Å². The van der Waals surface area contributed by atoms with Gasteiger partial charge in [-0.25, -0.2) is 0 Å². The predicted molar refractivity (Wildman–Crippen MR) is 69.3 cm³/mol. The maximum absolute atomic E-state index is 5.61. The second-order valence-electron chi connectivity index (χ2n) is 3.31. The first-order valence-corrected chi connectivity index (χ1v) is 5.74. The highest BCUT2D eigenvalue weighted by Gasteiger charge is 2.05. The molecule has 0 bridgehead atoms. The van der Waals surface area contributed by atoms with Gasteiger partial charge in [-0.2, -0.15) is 0 Å². The van der Waals surface area contributed by atoms with E-state index >= 15 is 0 Å². The van der Waals surface area contributed by atoms with Crippen LogP contribution in [-0.2, 0) is 6.54 Å². The monoisotopic (exact) mass is 285 g/mol. The van der Waals surface area contributed by atoms with Gasteiger partial charge in [0.1, 0.15) is 18.1 Å². The first-order valence-electron chi connectivity index (χ1n) is 4.95. The van der Waals surface area contributed by atoms with Crippen LogP contribution in [0.4, 0.5) is 0 Å². The summed E-state index contributed by atoms with van der Waals surface area (Å²) in [6, 6.07) is 5.75. The Kier molecular flexibility index (Phi) is 5.35. The lowest BCUT2D eigenvalue weighted by Crippen LogP contribution is -2.08. The Hall–Kier alpha value is -1.00. The molecule has 88 valence electrons. The largest absolute Gasteiger partial charge is 0.497 e. The topological polar surface area (TPSA) is 30.5 Å². The van der Waals surface area contributed by atoms with Gasteiger partial charge in [0.2, 0.25) is 0 Å². The predicted octanol–water partition coefficient (Wildman–Crippen LogP) is 2.70. The fourth-order valence-corrected chi connectivity index (χ4v) is 1.42. The molecule has 0 aliphatic heterocycles. The van der Waals surface area contributed by atoms with Gasteiger partial charge < -0.3 is 14.8 Å². The van der Waals surface area contributed by atoms with Crippen LogP contribution in [0.25, 0.3) is 0 Å². The molecule has 3 nitrogen and oxygen atoms in total. The summed E-state index contributed by atoms with van der Waals surface area (Å²) in [5, 5.41) is 3.09. The van der Waals surface area contributed by atoms with E-state index in [1.165, 1.54) is 0 Å². The van der Waals surface area contributed by atoms with Gasteiger partial charge in [0.25, 0.3) is 0 Å². The lowest BCUT2D eigenvalue weighted by Gasteiger charge is -2.12. The molecule has 16 heavy (non-hydrogen) atoms. The SMILES string of the molecule is C=C(Br)COc1ccc(OC)cc1CNC. The van der Waals surface area contributed by atoms with Gasteiger partial charge in [0, 0.05) is 16.6 Å². The molecule has 0 saturated carbocycles. The first-order chi connectivity index (χ1) is 7.67. The molecule has 0 aromatic heterocycles. The van der Waals surface area contributed by atoms with E-state index in [2.05, 4.69) is 27.8 Å². The number of methoxy groups -OCH3 is 1. The lowest BCUT2D eigenvalue weighted by atomic mass is 10.2.